The second-order valence-electron chi connectivity index (χ2n) is 8.77. The van der Waals surface area contributed by atoms with Crippen LogP contribution in [0.15, 0.2) is 42.7 Å². The maximum absolute atomic E-state index is 13.1. The third-order valence-corrected chi connectivity index (χ3v) is 6.68. The second kappa shape index (κ2) is 11.1. The molecule has 2 aromatic heterocycles. The van der Waals surface area contributed by atoms with E-state index in [1.165, 1.54) is 0 Å². The zero-order valence-corrected chi connectivity index (χ0v) is 20.8. The van der Waals surface area contributed by atoms with E-state index in [-0.39, 0.29) is 24.7 Å². The van der Waals surface area contributed by atoms with Crippen molar-refractivity contribution in [1.82, 2.24) is 19.6 Å². The molecule has 1 aliphatic heterocycles. The van der Waals surface area contributed by atoms with Crippen molar-refractivity contribution in [2.24, 2.45) is 0 Å². The molecule has 0 saturated heterocycles. The number of halogens is 1. The number of fused-ring (bicyclic) bond motifs is 2. The number of carbonyl (C=O) groups excluding carboxylic acids is 1. The van der Waals surface area contributed by atoms with Crippen LogP contribution in [0, 0.1) is 0 Å². The number of amides is 1. The highest BCUT2D eigenvalue weighted by molar-refractivity contribution is 6.30. The number of ether oxygens (including phenoxy) is 2. The summed E-state index contributed by atoms with van der Waals surface area (Å²) in [5.74, 6) is 1.20. The van der Waals surface area contributed by atoms with Crippen LogP contribution < -0.4 is 14.8 Å². The lowest BCUT2D eigenvalue weighted by atomic mass is 9.91. The maximum atomic E-state index is 13.1. The van der Waals surface area contributed by atoms with Gasteiger partial charge in [-0.2, -0.15) is 0 Å². The molecule has 2 atom stereocenters. The molecule has 182 valence electrons. The summed E-state index contributed by atoms with van der Waals surface area (Å²) in [4.78, 5) is 20.1. The van der Waals surface area contributed by atoms with Crippen LogP contribution in [0.4, 0.5) is 0 Å². The molecule has 1 amide bonds. The van der Waals surface area contributed by atoms with Crippen molar-refractivity contribution < 1.29 is 14.3 Å². The van der Waals surface area contributed by atoms with E-state index in [0.29, 0.717) is 17.2 Å². The molecule has 3 heterocycles. The number of pyridine rings is 1. The Morgan fingerprint density at radius 2 is 2.00 bits per heavy atom. The predicted molar refractivity (Wildman–Crippen MR) is 134 cm³/mol. The van der Waals surface area contributed by atoms with Crippen LogP contribution in [0.1, 0.15) is 57.2 Å². The first-order valence-corrected chi connectivity index (χ1v) is 12.4. The Bertz CT molecular complexity index is 1130. The van der Waals surface area contributed by atoms with Crippen LogP contribution >= 0.6 is 11.6 Å². The average molecular weight is 485 g/mol. The quantitative estimate of drug-likeness (QED) is 0.420. The molecule has 1 aromatic carbocycles. The van der Waals surface area contributed by atoms with Crippen LogP contribution in [0.25, 0.3) is 5.65 Å². The Morgan fingerprint density at radius 3 is 2.79 bits per heavy atom. The van der Waals surface area contributed by atoms with Crippen LogP contribution in [0.3, 0.4) is 0 Å². The number of nitrogens with one attached hydrogen (secondary N) is 1. The fraction of sp³-hybridized carbons (Fsp3) is 0.462. The van der Waals surface area contributed by atoms with Gasteiger partial charge in [-0.15, -0.1) is 0 Å². The number of rotatable bonds is 11. The molecule has 4 rings (SSSR count). The van der Waals surface area contributed by atoms with Gasteiger partial charge in [0.15, 0.2) is 11.5 Å². The van der Waals surface area contributed by atoms with E-state index in [4.69, 9.17) is 21.1 Å². The third-order valence-electron chi connectivity index (χ3n) is 6.46. The number of aromatic nitrogens is 2. The Morgan fingerprint density at radius 1 is 1.21 bits per heavy atom. The SMILES string of the molecule is CCN(CC)CCCC(C)NC(=O)CC(c1ccc2c(c1)OCO2)c1cnc2ccc(Cl)cn12. The van der Waals surface area contributed by atoms with Gasteiger partial charge in [-0.3, -0.25) is 4.79 Å². The number of hydrogen-bond acceptors (Lipinski definition) is 5. The predicted octanol–water partition coefficient (Wildman–Crippen LogP) is 4.87. The number of nitrogens with zero attached hydrogens (tertiary/aromatic N) is 3. The van der Waals surface area contributed by atoms with Crippen molar-refractivity contribution in [3.8, 4) is 11.5 Å². The van der Waals surface area contributed by atoms with Gasteiger partial charge in [-0.1, -0.05) is 31.5 Å². The highest BCUT2D eigenvalue weighted by Crippen LogP contribution is 2.38. The van der Waals surface area contributed by atoms with Crippen LogP contribution in [-0.2, 0) is 4.79 Å². The minimum absolute atomic E-state index is 0.00924. The zero-order chi connectivity index (χ0) is 24.1. The molecule has 7 nitrogen and oxygen atoms in total. The van der Waals surface area contributed by atoms with Crippen molar-refractivity contribution in [3.05, 3.63) is 59.0 Å². The lowest BCUT2D eigenvalue weighted by Crippen LogP contribution is -2.34. The van der Waals surface area contributed by atoms with Gasteiger partial charge in [0, 0.05) is 30.8 Å². The maximum Gasteiger partial charge on any atom is 0.231 e. The summed E-state index contributed by atoms with van der Waals surface area (Å²) >= 11 is 6.27. The van der Waals surface area contributed by atoms with E-state index in [1.807, 2.05) is 47.1 Å². The molecule has 8 heteroatoms. The summed E-state index contributed by atoms with van der Waals surface area (Å²) in [6.45, 7) is 9.80. The first-order valence-electron chi connectivity index (χ1n) is 12.0. The van der Waals surface area contributed by atoms with Crippen molar-refractivity contribution in [2.75, 3.05) is 26.4 Å². The van der Waals surface area contributed by atoms with Gasteiger partial charge >= 0.3 is 0 Å². The first kappa shape index (κ1) is 24.4. The highest BCUT2D eigenvalue weighted by atomic mass is 35.5. The van der Waals surface area contributed by atoms with Gasteiger partial charge in [-0.25, -0.2) is 4.98 Å². The molecular weight excluding hydrogens is 452 g/mol. The summed E-state index contributed by atoms with van der Waals surface area (Å²) < 4.78 is 13.0. The summed E-state index contributed by atoms with van der Waals surface area (Å²) in [5, 5.41) is 3.81. The fourth-order valence-electron chi connectivity index (χ4n) is 4.51. The van der Waals surface area contributed by atoms with Crippen LogP contribution in [0.2, 0.25) is 5.02 Å². The van der Waals surface area contributed by atoms with Gasteiger partial charge in [0.05, 0.1) is 10.7 Å². The van der Waals surface area contributed by atoms with Crippen LogP contribution in [-0.4, -0.2) is 52.7 Å². The van der Waals surface area contributed by atoms with E-state index in [1.54, 1.807) is 0 Å². The molecular formula is C26H33ClN4O3. The van der Waals surface area contributed by atoms with E-state index >= 15 is 0 Å². The largest absolute Gasteiger partial charge is 0.454 e. The van der Waals surface area contributed by atoms with E-state index < -0.39 is 0 Å². The molecule has 0 spiro atoms. The second-order valence-corrected chi connectivity index (χ2v) is 9.20. The van der Waals surface area contributed by atoms with Crippen molar-refractivity contribution in [2.45, 2.75) is 52.0 Å². The van der Waals surface area contributed by atoms with Gasteiger partial charge in [0.1, 0.15) is 5.65 Å². The van der Waals surface area contributed by atoms with E-state index in [9.17, 15) is 4.79 Å². The summed E-state index contributed by atoms with van der Waals surface area (Å²) in [5.41, 5.74) is 2.66. The Hall–Kier alpha value is -2.77. The number of benzene rings is 1. The molecule has 0 radical (unpaired) electrons. The molecule has 0 aliphatic carbocycles. The summed E-state index contributed by atoms with van der Waals surface area (Å²) in [6.07, 6.45) is 5.96. The topological polar surface area (TPSA) is 68.1 Å². The average Bonchev–Trinajstić information content (AvgIpc) is 3.46. The molecule has 1 N–H and O–H groups in total. The molecule has 0 fully saturated rings. The number of imidazole rings is 1. The lowest BCUT2D eigenvalue weighted by molar-refractivity contribution is -0.122. The Kier molecular flexibility index (Phi) is 7.95. The van der Waals surface area contributed by atoms with Gasteiger partial charge in [0.25, 0.3) is 0 Å². The van der Waals surface area contributed by atoms with E-state index in [2.05, 4.69) is 36.0 Å². The van der Waals surface area contributed by atoms with Gasteiger partial charge < -0.3 is 24.1 Å². The molecule has 3 aromatic rings. The lowest BCUT2D eigenvalue weighted by Gasteiger charge is -2.21. The summed E-state index contributed by atoms with van der Waals surface area (Å²) in [7, 11) is 0. The van der Waals surface area contributed by atoms with Gasteiger partial charge in [-0.05, 0) is 69.2 Å². The van der Waals surface area contributed by atoms with Crippen molar-refractivity contribution >= 4 is 23.2 Å². The highest BCUT2D eigenvalue weighted by Gasteiger charge is 2.25. The van der Waals surface area contributed by atoms with Crippen LogP contribution in [0.5, 0.6) is 11.5 Å². The van der Waals surface area contributed by atoms with Crippen molar-refractivity contribution in [3.63, 3.8) is 0 Å². The molecule has 0 bridgehead atoms. The van der Waals surface area contributed by atoms with Gasteiger partial charge in [0.2, 0.25) is 12.7 Å². The Balaban J connectivity index is 1.52. The minimum Gasteiger partial charge on any atom is -0.454 e. The number of hydrogen-bond donors (Lipinski definition) is 1. The van der Waals surface area contributed by atoms with E-state index in [0.717, 1.165) is 55.1 Å². The third kappa shape index (κ3) is 5.65. The normalized spacial score (nSPS) is 14.5. The number of carbonyl (C=O) groups is 1. The standard InChI is InChI=1S/C26H33ClN4O3/c1-4-30(5-2)12-6-7-18(3)29-26(32)14-21(19-8-10-23-24(13-19)34-17-33-23)22-15-28-25-11-9-20(27)16-31(22)25/h8-11,13,15-16,18,21H,4-7,12,14,17H2,1-3H3,(H,29,32). The monoisotopic (exact) mass is 484 g/mol. The fourth-order valence-corrected chi connectivity index (χ4v) is 4.67. The summed E-state index contributed by atoms with van der Waals surface area (Å²) in [6, 6.07) is 9.64. The molecule has 34 heavy (non-hydrogen) atoms. The minimum atomic E-state index is -0.217. The van der Waals surface area contributed by atoms with Crippen molar-refractivity contribution in [1.29, 1.82) is 0 Å². The first-order chi connectivity index (χ1) is 16.5. The smallest absolute Gasteiger partial charge is 0.231 e. The molecule has 2 unspecified atom stereocenters. The molecule has 1 aliphatic rings. The molecule has 0 saturated carbocycles. The zero-order valence-electron chi connectivity index (χ0n) is 20.1. The Labute approximate surface area is 206 Å².